The van der Waals surface area contributed by atoms with Gasteiger partial charge in [-0.2, -0.15) is 0 Å². The van der Waals surface area contributed by atoms with Crippen LogP contribution in [0.3, 0.4) is 0 Å². The maximum Gasteiger partial charge on any atom is 0.252 e. The zero-order chi connectivity index (χ0) is 18.1. The molecule has 2 aromatic heterocycles. The Morgan fingerprint density at radius 2 is 2.00 bits per heavy atom. The number of hydrogen-bond donors (Lipinski definition) is 2. The molecule has 1 amide bonds. The van der Waals surface area contributed by atoms with Gasteiger partial charge in [0, 0.05) is 17.5 Å². The molecule has 3 aromatic rings. The van der Waals surface area contributed by atoms with Crippen LogP contribution in [0.15, 0.2) is 48.7 Å². The van der Waals surface area contributed by atoms with Crippen molar-refractivity contribution >= 4 is 16.8 Å². The Morgan fingerprint density at radius 3 is 2.73 bits per heavy atom. The highest BCUT2D eigenvalue weighted by atomic mass is 19.1. The summed E-state index contributed by atoms with van der Waals surface area (Å²) in [4.78, 5) is 21.6. The number of para-hydroxylation sites is 1. The number of nitrogens with zero attached hydrogens (tertiary/aromatic N) is 2. The molecule has 0 bridgehead atoms. The highest BCUT2D eigenvalue weighted by Crippen LogP contribution is 2.25. The second kappa shape index (κ2) is 6.80. The van der Waals surface area contributed by atoms with E-state index in [1.807, 2.05) is 24.3 Å². The Morgan fingerprint density at radius 1 is 1.15 bits per heavy atom. The molecule has 1 aliphatic carbocycles. The highest BCUT2D eigenvalue weighted by molar-refractivity contribution is 6.07. The van der Waals surface area contributed by atoms with Crippen molar-refractivity contribution < 1.29 is 9.18 Å². The number of pyridine rings is 2. The molecule has 1 aliphatic rings. The lowest BCUT2D eigenvalue weighted by Gasteiger charge is -2.14. The Labute approximate surface area is 150 Å². The first-order chi connectivity index (χ1) is 12.6. The predicted molar refractivity (Wildman–Crippen MR) is 98.0 cm³/mol. The lowest BCUT2D eigenvalue weighted by atomic mass is 10.0. The van der Waals surface area contributed by atoms with Gasteiger partial charge in [-0.05, 0) is 43.5 Å². The van der Waals surface area contributed by atoms with Crippen molar-refractivity contribution in [3.8, 4) is 11.4 Å². The van der Waals surface area contributed by atoms with Crippen molar-refractivity contribution in [2.45, 2.75) is 31.3 Å². The molecule has 4 rings (SSSR count). The van der Waals surface area contributed by atoms with Crippen LogP contribution in [0.4, 0.5) is 4.39 Å². The van der Waals surface area contributed by atoms with E-state index < -0.39 is 5.82 Å². The molecule has 1 fully saturated rings. The largest absolute Gasteiger partial charge is 0.349 e. The Kier molecular flexibility index (Phi) is 4.34. The minimum Gasteiger partial charge on any atom is -0.349 e. The second-order valence-electron chi connectivity index (χ2n) is 6.68. The fourth-order valence-electron chi connectivity index (χ4n) is 3.43. The van der Waals surface area contributed by atoms with Crippen LogP contribution in [-0.4, -0.2) is 28.0 Å². The third-order valence-electron chi connectivity index (χ3n) is 4.76. The third-order valence-corrected chi connectivity index (χ3v) is 4.76. The van der Waals surface area contributed by atoms with E-state index in [-0.39, 0.29) is 18.0 Å². The molecule has 0 saturated heterocycles. The molecule has 0 radical (unpaired) electrons. The van der Waals surface area contributed by atoms with Crippen LogP contribution in [0, 0.1) is 5.82 Å². The first-order valence-electron chi connectivity index (χ1n) is 8.68. The van der Waals surface area contributed by atoms with Crippen LogP contribution in [0.5, 0.6) is 0 Å². The Hall–Kier alpha value is -2.86. The number of amides is 1. The monoisotopic (exact) mass is 350 g/mol. The predicted octanol–water partition coefficient (Wildman–Crippen LogP) is 3.05. The van der Waals surface area contributed by atoms with Gasteiger partial charge in [-0.25, -0.2) is 9.37 Å². The average molecular weight is 350 g/mol. The number of aromatic nitrogens is 2. The molecule has 3 N–H and O–H groups in total. The summed E-state index contributed by atoms with van der Waals surface area (Å²) in [6, 6.07) is 12.3. The third kappa shape index (κ3) is 3.28. The van der Waals surface area contributed by atoms with E-state index >= 15 is 0 Å². The molecule has 0 aliphatic heterocycles. The average Bonchev–Trinajstić information content (AvgIpc) is 3.06. The van der Waals surface area contributed by atoms with Gasteiger partial charge in [0.15, 0.2) is 0 Å². The fraction of sp³-hybridized carbons (Fsp3) is 0.250. The number of benzene rings is 1. The number of hydrogen-bond acceptors (Lipinski definition) is 4. The van der Waals surface area contributed by atoms with Crippen molar-refractivity contribution in [2.75, 3.05) is 0 Å². The van der Waals surface area contributed by atoms with Crippen molar-refractivity contribution in [2.24, 2.45) is 5.73 Å². The van der Waals surface area contributed by atoms with E-state index in [1.54, 1.807) is 12.1 Å². The number of carbonyl (C=O) groups excluding carboxylic acids is 1. The normalized spacial score (nSPS) is 19.6. The summed E-state index contributed by atoms with van der Waals surface area (Å²) in [5.74, 6) is -0.559. The zero-order valence-electron chi connectivity index (χ0n) is 14.2. The van der Waals surface area contributed by atoms with E-state index in [4.69, 9.17) is 5.73 Å². The summed E-state index contributed by atoms with van der Waals surface area (Å²) in [6.07, 6.45) is 3.75. The van der Waals surface area contributed by atoms with Crippen LogP contribution in [0.25, 0.3) is 22.3 Å². The van der Waals surface area contributed by atoms with Crippen LogP contribution < -0.4 is 11.1 Å². The second-order valence-corrected chi connectivity index (χ2v) is 6.68. The number of nitrogens with two attached hydrogens (primary N) is 1. The number of halogens is 1. The van der Waals surface area contributed by atoms with Gasteiger partial charge in [-0.15, -0.1) is 0 Å². The minimum atomic E-state index is -0.412. The molecule has 0 unspecified atom stereocenters. The van der Waals surface area contributed by atoms with Gasteiger partial charge in [0.2, 0.25) is 0 Å². The molecule has 132 valence electrons. The molecule has 2 heterocycles. The van der Waals surface area contributed by atoms with Crippen molar-refractivity contribution in [1.82, 2.24) is 15.3 Å². The number of rotatable bonds is 3. The van der Waals surface area contributed by atoms with Crippen LogP contribution in [-0.2, 0) is 0 Å². The van der Waals surface area contributed by atoms with Gasteiger partial charge in [-0.1, -0.05) is 18.2 Å². The SMILES string of the molecule is N[C@H]1CC[C@@H](NC(=O)c2cc(-c3ccc(F)cn3)nc3ccccc23)C1. The maximum atomic E-state index is 13.2. The maximum absolute atomic E-state index is 13.2. The van der Waals surface area contributed by atoms with E-state index in [0.29, 0.717) is 22.5 Å². The number of fused-ring (bicyclic) bond motifs is 1. The van der Waals surface area contributed by atoms with Gasteiger partial charge < -0.3 is 11.1 Å². The molecular formula is C20H19FN4O. The first-order valence-corrected chi connectivity index (χ1v) is 8.68. The van der Waals surface area contributed by atoms with Crippen molar-refractivity contribution in [1.29, 1.82) is 0 Å². The van der Waals surface area contributed by atoms with Crippen LogP contribution >= 0.6 is 0 Å². The van der Waals surface area contributed by atoms with E-state index in [9.17, 15) is 9.18 Å². The zero-order valence-corrected chi connectivity index (χ0v) is 14.2. The summed E-state index contributed by atoms with van der Waals surface area (Å²) < 4.78 is 13.2. The van der Waals surface area contributed by atoms with E-state index in [1.165, 1.54) is 6.07 Å². The van der Waals surface area contributed by atoms with Gasteiger partial charge >= 0.3 is 0 Å². The van der Waals surface area contributed by atoms with Gasteiger partial charge in [0.1, 0.15) is 5.82 Å². The molecule has 0 spiro atoms. The highest BCUT2D eigenvalue weighted by Gasteiger charge is 2.24. The Bertz CT molecular complexity index is 958. The van der Waals surface area contributed by atoms with Crippen LogP contribution in [0.1, 0.15) is 29.6 Å². The smallest absolute Gasteiger partial charge is 0.252 e. The summed E-state index contributed by atoms with van der Waals surface area (Å²) >= 11 is 0. The van der Waals surface area contributed by atoms with Crippen molar-refractivity contribution in [3.05, 3.63) is 60.0 Å². The van der Waals surface area contributed by atoms with Gasteiger partial charge in [0.05, 0.1) is 28.7 Å². The molecule has 2 atom stereocenters. The van der Waals surface area contributed by atoms with Crippen LogP contribution in [0.2, 0.25) is 0 Å². The molecule has 6 heteroatoms. The van der Waals surface area contributed by atoms with Gasteiger partial charge in [0.25, 0.3) is 5.91 Å². The quantitative estimate of drug-likeness (QED) is 0.761. The van der Waals surface area contributed by atoms with E-state index in [2.05, 4.69) is 15.3 Å². The topological polar surface area (TPSA) is 80.9 Å². The summed E-state index contributed by atoms with van der Waals surface area (Å²) in [5.41, 5.74) is 8.24. The summed E-state index contributed by atoms with van der Waals surface area (Å²) in [5, 5.41) is 3.85. The van der Waals surface area contributed by atoms with Crippen molar-refractivity contribution in [3.63, 3.8) is 0 Å². The van der Waals surface area contributed by atoms with E-state index in [0.717, 1.165) is 30.8 Å². The number of nitrogens with one attached hydrogen (secondary N) is 1. The molecule has 1 aromatic carbocycles. The summed E-state index contributed by atoms with van der Waals surface area (Å²) in [7, 11) is 0. The van der Waals surface area contributed by atoms with Gasteiger partial charge in [-0.3, -0.25) is 9.78 Å². The standard InChI is InChI=1S/C20H19FN4O/c21-12-5-8-18(23-11-12)19-10-16(15-3-1-2-4-17(15)25-19)20(26)24-14-7-6-13(22)9-14/h1-5,8,10-11,13-14H,6-7,9,22H2,(H,24,26)/t13-,14+/m0/s1. The molecule has 1 saturated carbocycles. The Balaban J connectivity index is 1.74. The molecule has 5 nitrogen and oxygen atoms in total. The molecular weight excluding hydrogens is 331 g/mol. The minimum absolute atomic E-state index is 0.0943. The first kappa shape index (κ1) is 16.6. The molecule has 26 heavy (non-hydrogen) atoms. The summed E-state index contributed by atoms with van der Waals surface area (Å²) in [6.45, 7) is 0. The number of carbonyl (C=O) groups is 1. The lowest BCUT2D eigenvalue weighted by molar-refractivity contribution is 0.0939. The fourth-order valence-corrected chi connectivity index (χ4v) is 3.43. The lowest BCUT2D eigenvalue weighted by Crippen LogP contribution is -2.34.